The van der Waals surface area contributed by atoms with Gasteiger partial charge in [-0.3, -0.25) is 9.59 Å². The van der Waals surface area contributed by atoms with Crippen LogP contribution in [0.4, 0.5) is 13.2 Å². The zero-order valence-electron chi connectivity index (χ0n) is 9.17. The molecule has 92 valence electrons. The van der Waals surface area contributed by atoms with Crippen molar-refractivity contribution in [2.75, 3.05) is 0 Å². The Balaban J connectivity index is 2.69. The molecule has 0 aliphatic heterocycles. The number of rotatable bonds is 4. The van der Waals surface area contributed by atoms with Crippen molar-refractivity contribution in [3.63, 3.8) is 0 Å². The van der Waals surface area contributed by atoms with Crippen molar-refractivity contribution < 1.29 is 22.8 Å². The summed E-state index contributed by atoms with van der Waals surface area (Å²) < 4.78 is 36.0. The van der Waals surface area contributed by atoms with E-state index < -0.39 is 18.4 Å². The number of halogens is 3. The number of benzene rings is 1. The Labute approximate surface area is 96.4 Å². The summed E-state index contributed by atoms with van der Waals surface area (Å²) >= 11 is 0. The standard InChI is InChI=1S/C12H11F3O2/c1-8(16)6-9-2-4-10(5-3-9)7-11(17)12(13,14)15/h2-5H,6-7H2,1H3. The van der Waals surface area contributed by atoms with Gasteiger partial charge in [0.2, 0.25) is 5.78 Å². The first-order valence-corrected chi connectivity index (χ1v) is 4.96. The molecule has 0 spiro atoms. The average molecular weight is 244 g/mol. The number of carbonyl (C=O) groups excluding carboxylic acids is 2. The number of Topliss-reactive ketones (excluding diaryl/α,β-unsaturated/α-hetero) is 2. The van der Waals surface area contributed by atoms with Gasteiger partial charge in [-0.15, -0.1) is 0 Å². The van der Waals surface area contributed by atoms with Crippen molar-refractivity contribution in [3.05, 3.63) is 35.4 Å². The molecule has 5 heteroatoms. The van der Waals surface area contributed by atoms with Crippen molar-refractivity contribution in [3.8, 4) is 0 Å². The molecule has 1 aromatic carbocycles. The summed E-state index contributed by atoms with van der Waals surface area (Å²) in [5.74, 6) is -1.79. The van der Waals surface area contributed by atoms with E-state index in [-0.39, 0.29) is 12.2 Å². The fraction of sp³-hybridized carbons (Fsp3) is 0.333. The van der Waals surface area contributed by atoms with Crippen molar-refractivity contribution >= 4 is 11.6 Å². The van der Waals surface area contributed by atoms with Crippen LogP contribution < -0.4 is 0 Å². The van der Waals surface area contributed by atoms with Crippen LogP contribution in [0.2, 0.25) is 0 Å². The van der Waals surface area contributed by atoms with Crippen LogP contribution in [-0.2, 0) is 22.4 Å². The van der Waals surface area contributed by atoms with Gasteiger partial charge in [-0.05, 0) is 18.1 Å². The van der Waals surface area contributed by atoms with E-state index in [4.69, 9.17) is 0 Å². The lowest BCUT2D eigenvalue weighted by atomic mass is 10.0. The predicted molar refractivity (Wildman–Crippen MR) is 55.6 cm³/mol. The monoisotopic (exact) mass is 244 g/mol. The minimum absolute atomic E-state index is 0.0240. The van der Waals surface area contributed by atoms with Crippen molar-refractivity contribution in [1.82, 2.24) is 0 Å². The SMILES string of the molecule is CC(=O)Cc1ccc(CC(=O)C(F)(F)F)cc1. The molecule has 0 aliphatic rings. The molecule has 0 heterocycles. The summed E-state index contributed by atoms with van der Waals surface area (Å²) in [5.41, 5.74) is 1.01. The molecule has 0 amide bonds. The minimum Gasteiger partial charge on any atom is -0.300 e. The van der Waals surface area contributed by atoms with E-state index in [1.54, 1.807) is 12.1 Å². The molecule has 0 saturated carbocycles. The zero-order chi connectivity index (χ0) is 13.1. The largest absolute Gasteiger partial charge is 0.450 e. The molecule has 0 radical (unpaired) electrons. The number of hydrogen-bond donors (Lipinski definition) is 0. The highest BCUT2D eigenvalue weighted by atomic mass is 19.4. The number of alkyl halides is 3. The van der Waals surface area contributed by atoms with E-state index in [0.717, 1.165) is 5.56 Å². The van der Waals surface area contributed by atoms with Crippen LogP contribution in [0, 0.1) is 0 Å². The predicted octanol–water partition coefficient (Wildman–Crippen LogP) is 2.49. The molecule has 0 aliphatic carbocycles. The molecular formula is C12H11F3O2. The van der Waals surface area contributed by atoms with Crippen molar-refractivity contribution in [1.29, 1.82) is 0 Å². The van der Waals surface area contributed by atoms with Gasteiger partial charge >= 0.3 is 6.18 Å². The molecule has 2 nitrogen and oxygen atoms in total. The van der Waals surface area contributed by atoms with E-state index in [9.17, 15) is 22.8 Å². The van der Waals surface area contributed by atoms with E-state index in [2.05, 4.69) is 0 Å². The van der Waals surface area contributed by atoms with Crippen LogP contribution in [0.25, 0.3) is 0 Å². The summed E-state index contributed by atoms with van der Waals surface area (Å²) in [6, 6.07) is 5.98. The first kappa shape index (κ1) is 13.4. The molecule has 17 heavy (non-hydrogen) atoms. The maximum absolute atomic E-state index is 12.0. The second kappa shape index (κ2) is 5.12. The fourth-order valence-electron chi connectivity index (χ4n) is 1.35. The Morgan fingerprint density at radius 3 is 1.76 bits per heavy atom. The third-order valence-corrected chi connectivity index (χ3v) is 2.16. The first-order chi connectivity index (χ1) is 7.79. The van der Waals surface area contributed by atoms with Gasteiger partial charge in [-0.1, -0.05) is 24.3 Å². The smallest absolute Gasteiger partial charge is 0.300 e. The molecule has 0 unspecified atom stereocenters. The van der Waals surface area contributed by atoms with Gasteiger partial charge < -0.3 is 0 Å². The van der Waals surface area contributed by atoms with Crippen LogP contribution in [0.1, 0.15) is 18.1 Å². The molecule has 0 bridgehead atoms. The molecule has 0 N–H and O–H groups in total. The quantitative estimate of drug-likeness (QED) is 0.815. The van der Waals surface area contributed by atoms with Gasteiger partial charge in [-0.2, -0.15) is 13.2 Å². The Bertz CT molecular complexity index is 418. The lowest BCUT2D eigenvalue weighted by molar-refractivity contribution is -0.170. The summed E-state index contributed by atoms with van der Waals surface area (Å²) in [7, 11) is 0. The third kappa shape index (κ3) is 4.38. The van der Waals surface area contributed by atoms with Crippen LogP contribution in [0.15, 0.2) is 24.3 Å². The second-order valence-corrected chi connectivity index (χ2v) is 3.79. The van der Waals surface area contributed by atoms with E-state index in [1.165, 1.54) is 19.1 Å². The van der Waals surface area contributed by atoms with Gasteiger partial charge in [0.05, 0.1) is 0 Å². The highest BCUT2D eigenvalue weighted by Crippen LogP contribution is 2.19. The summed E-state index contributed by atoms with van der Waals surface area (Å²) in [5, 5.41) is 0. The normalized spacial score (nSPS) is 11.3. The number of carbonyl (C=O) groups is 2. The maximum atomic E-state index is 12.0. The zero-order valence-corrected chi connectivity index (χ0v) is 9.17. The number of ketones is 2. The Hall–Kier alpha value is -1.65. The minimum atomic E-state index is -4.79. The van der Waals surface area contributed by atoms with Gasteiger partial charge in [0.15, 0.2) is 0 Å². The molecule has 0 aromatic heterocycles. The Morgan fingerprint density at radius 2 is 1.41 bits per heavy atom. The summed E-state index contributed by atoms with van der Waals surface area (Å²) in [4.78, 5) is 21.5. The van der Waals surface area contributed by atoms with Crippen molar-refractivity contribution in [2.45, 2.75) is 25.9 Å². The van der Waals surface area contributed by atoms with E-state index >= 15 is 0 Å². The summed E-state index contributed by atoms with van der Waals surface area (Å²) in [6.45, 7) is 1.43. The molecule has 1 aromatic rings. The molecule has 1 rings (SSSR count). The van der Waals surface area contributed by atoms with Crippen molar-refractivity contribution in [2.24, 2.45) is 0 Å². The molecule has 0 fully saturated rings. The third-order valence-electron chi connectivity index (χ3n) is 2.16. The van der Waals surface area contributed by atoms with Gasteiger partial charge in [0.25, 0.3) is 0 Å². The van der Waals surface area contributed by atoms with Gasteiger partial charge in [-0.25, -0.2) is 0 Å². The Kier molecular flexibility index (Phi) is 4.04. The second-order valence-electron chi connectivity index (χ2n) is 3.79. The molecule has 0 saturated heterocycles. The molecular weight excluding hydrogens is 233 g/mol. The fourth-order valence-corrected chi connectivity index (χ4v) is 1.35. The average Bonchev–Trinajstić information content (AvgIpc) is 2.18. The highest BCUT2D eigenvalue weighted by Gasteiger charge is 2.37. The van der Waals surface area contributed by atoms with Crippen LogP contribution >= 0.6 is 0 Å². The highest BCUT2D eigenvalue weighted by molar-refractivity contribution is 5.86. The Morgan fingerprint density at radius 1 is 1.00 bits per heavy atom. The van der Waals surface area contributed by atoms with E-state index in [1.807, 2.05) is 0 Å². The summed E-state index contributed by atoms with van der Waals surface area (Å²) in [6.07, 6.45) is -5.21. The van der Waals surface area contributed by atoms with Gasteiger partial charge in [0, 0.05) is 12.8 Å². The van der Waals surface area contributed by atoms with Crippen LogP contribution in [0.5, 0.6) is 0 Å². The van der Waals surface area contributed by atoms with Gasteiger partial charge in [0.1, 0.15) is 5.78 Å². The first-order valence-electron chi connectivity index (χ1n) is 4.96. The molecule has 0 atom stereocenters. The lowest BCUT2D eigenvalue weighted by Gasteiger charge is -2.05. The lowest BCUT2D eigenvalue weighted by Crippen LogP contribution is -2.24. The maximum Gasteiger partial charge on any atom is 0.450 e. The topological polar surface area (TPSA) is 34.1 Å². The van der Waals surface area contributed by atoms with E-state index in [0.29, 0.717) is 5.56 Å². The van der Waals surface area contributed by atoms with Crippen LogP contribution in [0.3, 0.4) is 0 Å². The van der Waals surface area contributed by atoms with Crippen LogP contribution in [-0.4, -0.2) is 17.7 Å². The number of hydrogen-bond acceptors (Lipinski definition) is 2.